The van der Waals surface area contributed by atoms with Crippen LogP contribution in [0.25, 0.3) is 0 Å². The van der Waals surface area contributed by atoms with E-state index in [0.717, 1.165) is 58.9 Å². The lowest BCUT2D eigenvalue weighted by Crippen LogP contribution is -2.30. The Balaban J connectivity index is 1.85. The Hall–Kier alpha value is -1.76. The van der Waals surface area contributed by atoms with Crippen LogP contribution < -0.4 is 0 Å². The molecule has 0 unspecified atom stereocenters. The molecule has 0 radical (unpaired) electrons. The maximum Gasteiger partial charge on any atom is 0.209 e. The van der Waals surface area contributed by atoms with E-state index in [1.807, 2.05) is 54.7 Å². The molecular weight excluding hydrogens is 440 g/mol. The van der Waals surface area contributed by atoms with Crippen molar-refractivity contribution in [2.24, 2.45) is 4.99 Å². The summed E-state index contributed by atoms with van der Waals surface area (Å²) in [5, 5.41) is 24.1. The molecule has 0 amide bonds. The fourth-order valence-electron chi connectivity index (χ4n) is 3.71. The monoisotopic (exact) mass is 465 g/mol. The summed E-state index contributed by atoms with van der Waals surface area (Å²) in [6, 6.07) is 15.9. The third-order valence-electron chi connectivity index (χ3n) is 5.11. The second-order valence-corrected chi connectivity index (χ2v) is 8.85. The summed E-state index contributed by atoms with van der Waals surface area (Å²) in [7, 11) is 0. The van der Waals surface area contributed by atoms with E-state index in [-0.39, 0.29) is 5.41 Å². The van der Waals surface area contributed by atoms with Gasteiger partial charge >= 0.3 is 0 Å². The lowest BCUT2D eigenvalue weighted by molar-refractivity contribution is -0.440. The number of nitrogens with zero attached hydrogens (tertiary/aromatic N) is 2. The Bertz CT molecular complexity index is 921. The van der Waals surface area contributed by atoms with Crippen molar-refractivity contribution >= 4 is 47.4 Å². The van der Waals surface area contributed by atoms with Gasteiger partial charge < -0.3 is 0 Å². The topological polar surface area (TPSA) is 92.8 Å². The van der Waals surface area contributed by atoms with Gasteiger partial charge in [0.2, 0.25) is 5.69 Å². The van der Waals surface area contributed by atoms with Crippen molar-refractivity contribution < 1.29 is 33.8 Å². The third kappa shape index (κ3) is 6.15. The number of hydrogen-bond donors (Lipinski definition) is 2. The van der Waals surface area contributed by atoms with Gasteiger partial charge in [0.1, 0.15) is 6.54 Å². The molecule has 166 valence electrons. The van der Waals surface area contributed by atoms with Crippen LogP contribution in [0.5, 0.6) is 0 Å². The van der Waals surface area contributed by atoms with E-state index >= 15 is 0 Å². The number of rotatable bonds is 12. The lowest BCUT2D eigenvalue weighted by atomic mass is 9.80. The number of fused-ring (bicyclic) bond motifs is 1. The van der Waals surface area contributed by atoms with Crippen LogP contribution in [0, 0.1) is 0 Å². The van der Waals surface area contributed by atoms with Gasteiger partial charge in [-0.05, 0) is 38.1 Å². The third-order valence-corrected chi connectivity index (χ3v) is 6.30. The molecule has 8 nitrogen and oxygen atoms in total. The van der Waals surface area contributed by atoms with Crippen LogP contribution in [0.1, 0.15) is 32.3 Å². The van der Waals surface area contributed by atoms with Gasteiger partial charge in [-0.15, -0.1) is 8.67 Å². The number of hydrogen-bond acceptors (Lipinski definition) is 9. The van der Waals surface area contributed by atoms with Gasteiger partial charge in [0.15, 0.2) is 5.71 Å². The van der Waals surface area contributed by atoms with Crippen LogP contribution in [0.4, 0.5) is 11.4 Å². The van der Waals surface area contributed by atoms with Crippen molar-refractivity contribution in [1.29, 1.82) is 0 Å². The Morgan fingerprint density at radius 2 is 1.84 bits per heavy atom. The maximum absolute atomic E-state index is 8.45. The molecule has 10 heteroatoms. The lowest BCUT2D eigenvalue weighted by Gasteiger charge is -2.17. The molecule has 0 aromatic heterocycles. The molecule has 1 heterocycles. The largest absolute Gasteiger partial charge is 0.261 e. The van der Waals surface area contributed by atoms with Crippen LogP contribution in [0.15, 0.2) is 58.4 Å². The predicted octanol–water partition coefficient (Wildman–Crippen LogP) is 5.74. The Labute approximate surface area is 189 Å². The second kappa shape index (κ2) is 11.7. The van der Waals surface area contributed by atoms with Crippen LogP contribution in [0.2, 0.25) is 0 Å². The summed E-state index contributed by atoms with van der Waals surface area (Å²) in [6.07, 6.45) is 3.46. The fraction of sp³-hybridized carbons (Fsp3) is 0.333. The highest BCUT2D eigenvalue weighted by atomic mass is 32.2. The first-order valence-corrected chi connectivity index (χ1v) is 11.3. The van der Waals surface area contributed by atoms with Gasteiger partial charge in [-0.25, -0.2) is 10.5 Å². The minimum atomic E-state index is -0.230. The van der Waals surface area contributed by atoms with Gasteiger partial charge in [0.05, 0.1) is 29.6 Å². The molecule has 0 saturated heterocycles. The molecule has 0 fully saturated rings. The van der Waals surface area contributed by atoms with Crippen LogP contribution in [-0.4, -0.2) is 39.3 Å². The summed E-state index contributed by atoms with van der Waals surface area (Å²) in [5.74, 6) is 0.661. The minimum absolute atomic E-state index is 0.230. The molecule has 1 aliphatic heterocycles. The maximum atomic E-state index is 8.45. The molecule has 31 heavy (non-hydrogen) atoms. The van der Waals surface area contributed by atoms with Crippen molar-refractivity contribution in [2.75, 3.05) is 12.3 Å². The molecule has 0 spiro atoms. The molecule has 2 aromatic rings. The highest BCUT2D eigenvalue weighted by molar-refractivity contribution is 7.94. The zero-order chi connectivity index (χ0) is 22.1. The van der Waals surface area contributed by atoms with Gasteiger partial charge in [-0.2, -0.15) is 4.58 Å². The average Bonchev–Trinajstić information content (AvgIpc) is 2.99. The standard InChI is InChI=1S/C21H24N2O6S2/c1-21(2)18-15-17(31-29-27-25)9-10-19(18)23(13-6-14-30-28-26-24)20(21)11-12-22-16-7-4-3-5-8-16/h3-5,7-10,12,15H,6,11,13-14H2,1-2H3,(H-,24,25)/p+1. The van der Waals surface area contributed by atoms with Crippen molar-refractivity contribution in [3.63, 3.8) is 0 Å². The van der Waals surface area contributed by atoms with Crippen LogP contribution in [0.3, 0.4) is 0 Å². The van der Waals surface area contributed by atoms with E-state index in [1.165, 1.54) is 5.71 Å². The summed E-state index contributed by atoms with van der Waals surface area (Å²) in [4.78, 5) is 5.43. The summed E-state index contributed by atoms with van der Waals surface area (Å²) >= 11 is 2.00. The summed E-state index contributed by atoms with van der Waals surface area (Å²) < 4.78 is 11.4. The number of para-hydroxylation sites is 1. The Kier molecular flexibility index (Phi) is 9.05. The number of aliphatic imine (C=N–C) groups is 1. The van der Waals surface area contributed by atoms with E-state index in [2.05, 4.69) is 42.2 Å². The first-order valence-electron chi connectivity index (χ1n) is 9.68. The minimum Gasteiger partial charge on any atom is -0.261 e. The van der Waals surface area contributed by atoms with Crippen molar-refractivity contribution in [3.05, 3.63) is 54.1 Å². The predicted molar refractivity (Wildman–Crippen MR) is 121 cm³/mol. The van der Waals surface area contributed by atoms with Gasteiger partial charge in [0.25, 0.3) is 0 Å². The molecule has 2 aromatic carbocycles. The van der Waals surface area contributed by atoms with Gasteiger partial charge in [-0.3, -0.25) is 4.99 Å². The zero-order valence-corrected chi connectivity index (χ0v) is 18.9. The Morgan fingerprint density at radius 1 is 1.06 bits per heavy atom. The number of benzene rings is 2. The van der Waals surface area contributed by atoms with Gasteiger partial charge in [0, 0.05) is 47.0 Å². The zero-order valence-electron chi connectivity index (χ0n) is 17.3. The van der Waals surface area contributed by atoms with Crippen molar-refractivity contribution in [1.82, 2.24) is 0 Å². The average molecular weight is 466 g/mol. The van der Waals surface area contributed by atoms with E-state index < -0.39 is 0 Å². The molecular formula is C21H25N2O6S2+. The SMILES string of the molecule is CC1(C)C(CC=Nc2ccccc2)=[N+](CCCSOOO)c2ccc(SOOO)cc21. The molecule has 2 N–H and O–H groups in total. The highest BCUT2D eigenvalue weighted by Crippen LogP contribution is 2.42. The smallest absolute Gasteiger partial charge is 0.209 e. The van der Waals surface area contributed by atoms with E-state index in [1.54, 1.807) is 0 Å². The quantitative estimate of drug-likeness (QED) is 0.102. The summed E-state index contributed by atoms with van der Waals surface area (Å²) in [5.41, 5.74) is 4.19. The second-order valence-electron chi connectivity index (χ2n) is 7.30. The van der Waals surface area contributed by atoms with E-state index in [0.29, 0.717) is 12.2 Å². The van der Waals surface area contributed by atoms with E-state index in [9.17, 15) is 0 Å². The molecule has 0 atom stereocenters. The van der Waals surface area contributed by atoms with Gasteiger partial charge in [-0.1, -0.05) is 28.3 Å². The summed E-state index contributed by atoms with van der Waals surface area (Å²) in [6.45, 7) is 5.15. The molecule has 3 rings (SSSR count). The molecule has 0 saturated carbocycles. The Morgan fingerprint density at radius 3 is 2.58 bits per heavy atom. The normalized spacial score (nSPS) is 15.1. The van der Waals surface area contributed by atoms with Crippen LogP contribution in [-0.2, 0) is 24.2 Å². The highest BCUT2D eigenvalue weighted by Gasteiger charge is 2.44. The van der Waals surface area contributed by atoms with Crippen molar-refractivity contribution in [3.8, 4) is 0 Å². The van der Waals surface area contributed by atoms with E-state index in [4.69, 9.17) is 10.5 Å². The molecule has 0 bridgehead atoms. The first-order chi connectivity index (χ1) is 15.1. The fourth-order valence-corrected chi connectivity index (χ4v) is 4.46. The van der Waals surface area contributed by atoms with Crippen molar-refractivity contribution in [2.45, 2.75) is 37.0 Å². The molecule has 0 aliphatic carbocycles. The first kappa shape index (κ1) is 23.9. The van der Waals surface area contributed by atoms with Crippen LogP contribution >= 0.6 is 24.1 Å². The molecule has 1 aliphatic rings.